The quantitative estimate of drug-likeness (QED) is 0.616. The molecule has 4 rings (SSSR count). The maximum absolute atomic E-state index is 12.9. The minimum atomic E-state index is -0.255. The molecule has 2 N–H and O–H groups in total. The van der Waals surface area contributed by atoms with Crippen LogP contribution in [0.2, 0.25) is 0 Å². The van der Waals surface area contributed by atoms with Crippen molar-refractivity contribution in [2.45, 2.75) is 33.2 Å². The molecule has 1 fully saturated rings. The van der Waals surface area contributed by atoms with Crippen molar-refractivity contribution in [1.29, 1.82) is 0 Å². The number of carbonyl (C=O) groups is 2. The number of nitrogens with zero attached hydrogens (tertiary/aromatic N) is 4. The summed E-state index contributed by atoms with van der Waals surface area (Å²) < 4.78 is 0. The molecule has 33 heavy (non-hydrogen) atoms. The first-order valence-electron chi connectivity index (χ1n) is 11.1. The van der Waals surface area contributed by atoms with Gasteiger partial charge in [-0.3, -0.25) is 24.3 Å². The summed E-state index contributed by atoms with van der Waals surface area (Å²) in [6, 6.07) is 7.22. The first kappa shape index (κ1) is 22.6. The molecule has 0 atom stereocenters. The van der Waals surface area contributed by atoms with Crippen molar-refractivity contribution in [3.63, 3.8) is 0 Å². The first-order chi connectivity index (χ1) is 15.9. The minimum Gasteiger partial charge on any atom is -0.354 e. The van der Waals surface area contributed by atoms with Gasteiger partial charge in [0.25, 0.3) is 11.5 Å². The van der Waals surface area contributed by atoms with Gasteiger partial charge in [0.1, 0.15) is 5.69 Å². The lowest BCUT2D eigenvalue weighted by atomic mass is 10.1. The Hall–Kier alpha value is -3.59. The zero-order valence-corrected chi connectivity index (χ0v) is 19.1. The SMILES string of the molecule is CCc1cc2ncc(CN3CCC(=O)N(c4ccc(C(=O)NC)nc4C)CC3)cc2[nH]c1=O. The summed E-state index contributed by atoms with van der Waals surface area (Å²) in [7, 11) is 1.56. The lowest BCUT2D eigenvalue weighted by Crippen LogP contribution is -2.34. The fraction of sp³-hybridized carbons (Fsp3) is 0.375. The molecule has 0 spiro atoms. The van der Waals surface area contributed by atoms with Gasteiger partial charge in [-0.2, -0.15) is 0 Å². The number of carbonyl (C=O) groups excluding carboxylic acids is 2. The zero-order chi connectivity index (χ0) is 23.5. The van der Waals surface area contributed by atoms with E-state index < -0.39 is 0 Å². The van der Waals surface area contributed by atoms with Crippen molar-refractivity contribution < 1.29 is 9.59 Å². The van der Waals surface area contributed by atoms with Crippen molar-refractivity contribution in [2.75, 3.05) is 31.6 Å². The van der Waals surface area contributed by atoms with E-state index in [2.05, 4.69) is 25.2 Å². The standard InChI is InChI=1S/C24H28N6O3/c1-4-17-12-19-20(28-23(17)32)11-16(13-26-19)14-29-8-7-22(31)30(10-9-29)21-6-5-18(24(33)25-3)27-15(21)2/h5-6,11-13H,4,7-10,14H2,1-3H3,(H,25,33)(H,28,32). The van der Waals surface area contributed by atoms with Gasteiger partial charge in [0.05, 0.1) is 22.4 Å². The van der Waals surface area contributed by atoms with E-state index >= 15 is 0 Å². The highest BCUT2D eigenvalue weighted by Gasteiger charge is 2.24. The van der Waals surface area contributed by atoms with E-state index in [9.17, 15) is 14.4 Å². The van der Waals surface area contributed by atoms with E-state index in [0.717, 1.165) is 27.8 Å². The van der Waals surface area contributed by atoms with E-state index in [1.807, 2.05) is 32.2 Å². The zero-order valence-electron chi connectivity index (χ0n) is 19.1. The second-order valence-corrected chi connectivity index (χ2v) is 8.21. The second-order valence-electron chi connectivity index (χ2n) is 8.21. The summed E-state index contributed by atoms with van der Waals surface area (Å²) >= 11 is 0. The molecular weight excluding hydrogens is 420 g/mol. The largest absolute Gasteiger partial charge is 0.354 e. The van der Waals surface area contributed by atoms with Gasteiger partial charge in [-0.1, -0.05) is 6.92 Å². The van der Waals surface area contributed by atoms with Crippen LogP contribution < -0.4 is 15.8 Å². The van der Waals surface area contributed by atoms with Crippen LogP contribution in [0.25, 0.3) is 11.0 Å². The van der Waals surface area contributed by atoms with Gasteiger partial charge >= 0.3 is 0 Å². The molecule has 172 valence electrons. The number of hydrogen-bond acceptors (Lipinski definition) is 6. The van der Waals surface area contributed by atoms with Gasteiger partial charge in [-0.15, -0.1) is 0 Å². The Labute approximate surface area is 191 Å². The van der Waals surface area contributed by atoms with Gasteiger partial charge in [0.2, 0.25) is 5.91 Å². The number of amides is 2. The third-order valence-corrected chi connectivity index (χ3v) is 6.00. The highest BCUT2D eigenvalue weighted by molar-refractivity contribution is 5.96. The number of aromatic amines is 1. The first-order valence-corrected chi connectivity index (χ1v) is 11.1. The third-order valence-electron chi connectivity index (χ3n) is 6.00. The van der Waals surface area contributed by atoms with E-state index in [0.29, 0.717) is 50.4 Å². The molecule has 1 aliphatic heterocycles. The third kappa shape index (κ3) is 4.78. The molecule has 0 radical (unpaired) electrons. The summed E-state index contributed by atoms with van der Waals surface area (Å²) in [4.78, 5) is 52.6. The molecule has 3 aromatic rings. The lowest BCUT2D eigenvalue weighted by Gasteiger charge is -2.23. The van der Waals surface area contributed by atoms with Crippen molar-refractivity contribution in [2.24, 2.45) is 0 Å². The Kier molecular flexibility index (Phi) is 6.50. The Morgan fingerprint density at radius 1 is 1.18 bits per heavy atom. The summed E-state index contributed by atoms with van der Waals surface area (Å²) in [5.41, 5.74) is 4.83. The Bertz CT molecular complexity index is 1270. The molecule has 0 aliphatic carbocycles. The maximum Gasteiger partial charge on any atom is 0.269 e. The summed E-state index contributed by atoms with van der Waals surface area (Å²) in [6.45, 7) is 6.23. The Morgan fingerprint density at radius 2 is 2.00 bits per heavy atom. The highest BCUT2D eigenvalue weighted by atomic mass is 16.2. The molecular formula is C24H28N6O3. The molecule has 4 heterocycles. The van der Waals surface area contributed by atoms with Crippen LogP contribution >= 0.6 is 0 Å². The van der Waals surface area contributed by atoms with Crippen molar-refractivity contribution >= 4 is 28.5 Å². The molecule has 1 aliphatic rings. The van der Waals surface area contributed by atoms with Crippen LogP contribution in [0.15, 0.2) is 35.3 Å². The molecule has 0 bridgehead atoms. The average molecular weight is 449 g/mol. The second kappa shape index (κ2) is 9.50. The number of rotatable bonds is 5. The van der Waals surface area contributed by atoms with Gasteiger partial charge in [-0.05, 0) is 43.2 Å². The molecule has 0 saturated carbocycles. The Balaban J connectivity index is 1.49. The lowest BCUT2D eigenvalue weighted by molar-refractivity contribution is -0.118. The normalized spacial score (nSPS) is 15.0. The number of aryl methyl sites for hydroxylation is 2. The van der Waals surface area contributed by atoms with Crippen LogP contribution in [0.1, 0.15) is 40.7 Å². The number of pyridine rings is 3. The van der Waals surface area contributed by atoms with Gasteiger partial charge in [-0.25, -0.2) is 4.98 Å². The van der Waals surface area contributed by atoms with E-state index in [1.54, 1.807) is 24.1 Å². The topological polar surface area (TPSA) is 111 Å². The molecule has 9 heteroatoms. The average Bonchev–Trinajstić information content (AvgIpc) is 2.99. The molecule has 1 saturated heterocycles. The van der Waals surface area contributed by atoms with Crippen molar-refractivity contribution in [3.05, 3.63) is 63.3 Å². The van der Waals surface area contributed by atoms with E-state index in [4.69, 9.17) is 0 Å². The predicted octanol–water partition coefficient (Wildman–Crippen LogP) is 1.79. The summed E-state index contributed by atoms with van der Waals surface area (Å²) in [5, 5.41) is 2.56. The molecule has 0 unspecified atom stereocenters. The smallest absolute Gasteiger partial charge is 0.269 e. The minimum absolute atomic E-state index is 0.0307. The number of fused-ring (bicyclic) bond motifs is 1. The number of aromatic nitrogens is 3. The van der Waals surface area contributed by atoms with Crippen LogP contribution in [0.3, 0.4) is 0 Å². The van der Waals surface area contributed by atoms with Crippen molar-refractivity contribution in [1.82, 2.24) is 25.2 Å². The van der Waals surface area contributed by atoms with Gasteiger partial charge < -0.3 is 15.2 Å². The molecule has 3 aromatic heterocycles. The number of nitrogens with one attached hydrogen (secondary N) is 2. The van der Waals surface area contributed by atoms with Crippen LogP contribution in [-0.4, -0.2) is 58.3 Å². The van der Waals surface area contributed by atoms with E-state index in [-0.39, 0.29) is 17.4 Å². The summed E-state index contributed by atoms with van der Waals surface area (Å²) in [6.07, 6.45) is 2.88. The molecule has 0 aromatic carbocycles. The Morgan fingerprint density at radius 3 is 2.73 bits per heavy atom. The number of H-pyrrole nitrogens is 1. The predicted molar refractivity (Wildman–Crippen MR) is 126 cm³/mol. The van der Waals surface area contributed by atoms with E-state index in [1.165, 1.54) is 0 Å². The number of anilines is 1. The maximum atomic E-state index is 12.9. The summed E-state index contributed by atoms with van der Waals surface area (Å²) in [5.74, 6) is -0.225. The van der Waals surface area contributed by atoms with Gasteiger partial charge in [0.15, 0.2) is 0 Å². The van der Waals surface area contributed by atoms with Gasteiger partial charge in [0, 0.05) is 51.4 Å². The molecule has 9 nitrogen and oxygen atoms in total. The van der Waals surface area contributed by atoms with Crippen molar-refractivity contribution in [3.8, 4) is 0 Å². The van der Waals surface area contributed by atoms with Crippen LogP contribution in [0.4, 0.5) is 5.69 Å². The highest BCUT2D eigenvalue weighted by Crippen LogP contribution is 2.22. The molecule has 2 amide bonds. The van der Waals surface area contributed by atoms with Crippen LogP contribution in [-0.2, 0) is 17.8 Å². The van der Waals surface area contributed by atoms with Crippen LogP contribution in [0, 0.1) is 6.92 Å². The fourth-order valence-corrected chi connectivity index (χ4v) is 4.15. The fourth-order valence-electron chi connectivity index (χ4n) is 4.15. The number of hydrogen-bond donors (Lipinski definition) is 2. The monoisotopic (exact) mass is 448 g/mol. The van der Waals surface area contributed by atoms with Crippen LogP contribution in [0.5, 0.6) is 0 Å².